The zero-order chi connectivity index (χ0) is 13.7. The summed E-state index contributed by atoms with van der Waals surface area (Å²) >= 11 is 5.79. The predicted octanol–water partition coefficient (Wildman–Crippen LogP) is 4.04. The fourth-order valence-electron chi connectivity index (χ4n) is 1.95. The van der Waals surface area contributed by atoms with Crippen LogP contribution in [0.3, 0.4) is 0 Å². The number of nitrogens with zero attached hydrogens (tertiary/aromatic N) is 2. The molecule has 0 aliphatic carbocycles. The molecule has 0 saturated heterocycles. The van der Waals surface area contributed by atoms with Gasteiger partial charge in [-0.3, -0.25) is 0 Å². The third-order valence-electron chi connectivity index (χ3n) is 3.18. The van der Waals surface area contributed by atoms with Gasteiger partial charge in [0.2, 0.25) is 5.28 Å². The molecule has 2 rings (SSSR count). The molecule has 0 spiro atoms. The minimum absolute atomic E-state index is 0.282. The maximum absolute atomic E-state index is 5.79. The maximum Gasteiger partial charge on any atom is 0.224 e. The summed E-state index contributed by atoms with van der Waals surface area (Å²) in [6.07, 6.45) is 2.78. The highest BCUT2D eigenvalue weighted by Gasteiger charge is 2.06. The van der Waals surface area contributed by atoms with Gasteiger partial charge in [0.05, 0.1) is 0 Å². The number of hydrogen-bond acceptors (Lipinski definition) is 3. The molecule has 0 aliphatic heterocycles. The number of halogens is 1. The average Bonchev–Trinajstić information content (AvgIpc) is 2.43. The topological polar surface area (TPSA) is 37.8 Å². The molecule has 0 amide bonds. The molecule has 0 bridgehead atoms. The van der Waals surface area contributed by atoms with Crippen molar-refractivity contribution in [2.24, 2.45) is 0 Å². The minimum Gasteiger partial charge on any atom is -0.370 e. The summed E-state index contributed by atoms with van der Waals surface area (Å²) < 4.78 is 0. The van der Waals surface area contributed by atoms with E-state index in [1.165, 1.54) is 5.56 Å². The number of rotatable bonds is 5. The van der Waals surface area contributed by atoms with Crippen LogP contribution in [0.5, 0.6) is 0 Å². The molecular weight excluding hydrogens is 258 g/mol. The zero-order valence-electron chi connectivity index (χ0n) is 11.2. The van der Waals surface area contributed by atoms with E-state index in [1.54, 1.807) is 6.20 Å². The third-order valence-corrected chi connectivity index (χ3v) is 3.36. The second-order valence-corrected chi connectivity index (χ2v) is 5.04. The van der Waals surface area contributed by atoms with E-state index in [4.69, 9.17) is 11.6 Å². The fraction of sp³-hybridized carbons (Fsp3) is 0.333. The Hall–Kier alpha value is -1.61. The number of hydrogen-bond donors (Lipinski definition) is 1. The van der Waals surface area contributed by atoms with Crippen LogP contribution in [0.4, 0.5) is 5.82 Å². The van der Waals surface area contributed by atoms with E-state index in [9.17, 15) is 0 Å². The minimum atomic E-state index is 0.282. The summed E-state index contributed by atoms with van der Waals surface area (Å²) in [6, 6.07) is 10.5. The van der Waals surface area contributed by atoms with Gasteiger partial charge in [-0.25, -0.2) is 9.97 Å². The molecule has 0 fully saturated rings. The fourth-order valence-corrected chi connectivity index (χ4v) is 2.09. The number of anilines is 1. The molecule has 1 heterocycles. The van der Waals surface area contributed by atoms with Gasteiger partial charge in [0.1, 0.15) is 5.82 Å². The van der Waals surface area contributed by atoms with Crippen molar-refractivity contribution in [1.82, 2.24) is 9.97 Å². The second-order valence-electron chi connectivity index (χ2n) is 4.70. The molecule has 1 N–H and O–H groups in total. The quantitative estimate of drug-likeness (QED) is 0.837. The number of aryl methyl sites for hydroxylation is 1. The highest BCUT2D eigenvalue weighted by atomic mass is 35.5. The molecule has 0 radical (unpaired) electrons. The first-order valence-corrected chi connectivity index (χ1v) is 6.82. The first kappa shape index (κ1) is 13.8. The largest absolute Gasteiger partial charge is 0.370 e. The molecule has 1 aromatic heterocycles. The van der Waals surface area contributed by atoms with Gasteiger partial charge in [-0.15, -0.1) is 0 Å². The van der Waals surface area contributed by atoms with Crippen LogP contribution in [0.1, 0.15) is 30.4 Å². The van der Waals surface area contributed by atoms with Crippen molar-refractivity contribution >= 4 is 17.4 Å². The molecule has 1 atom stereocenters. The number of nitrogens with one attached hydrogen (secondary N) is 1. The molecule has 19 heavy (non-hydrogen) atoms. The van der Waals surface area contributed by atoms with E-state index in [1.807, 2.05) is 13.0 Å². The maximum atomic E-state index is 5.79. The Balaban J connectivity index is 1.88. The van der Waals surface area contributed by atoms with Crippen molar-refractivity contribution in [3.63, 3.8) is 0 Å². The first-order valence-electron chi connectivity index (χ1n) is 6.45. The molecule has 2 aromatic rings. The van der Waals surface area contributed by atoms with Gasteiger partial charge in [0.15, 0.2) is 0 Å². The Kier molecular flexibility index (Phi) is 4.74. The highest BCUT2D eigenvalue weighted by molar-refractivity contribution is 6.28. The van der Waals surface area contributed by atoms with Gasteiger partial charge in [-0.1, -0.05) is 37.3 Å². The van der Waals surface area contributed by atoms with Crippen LogP contribution in [0.15, 0.2) is 36.5 Å². The summed E-state index contributed by atoms with van der Waals surface area (Å²) in [6.45, 7) is 5.07. The van der Waals surface area contributed by atoms with Crippen molar-refractivity contribution in [3.8, 4) is 0 Å². The van der Waals surface area contributed by atoms with Gasteiger partial charge in [-0.05, 0) is 36.4 Å². The van der Waals surface area contributed by atoms with Gasteiger partial charge in [0.25, 0.3) is 0 Å². The van der Waals surface area contributed by atoms with E-state index in [0.717, 1.165) is 24.3 Å². The molecule has 100 valence electrons. The lowest BCUT2D eigenvalue weighted by atomic mass is 9.98. The van der Waals surface area contributed by atoms with E-state index in [0.29, 0.717) is 5.92 Å². The van der Waals surface area contributed by atoms with Crippen LogP contribution >= 0.6 is 11.6 Å². The van der Waals surface area contributed by atoms with Crippen LogP contribution in [0.2, 0.25) is 5.28 Å². The Labute approximate surface area is 119 Å². The van der Waals surface area contributed by atoms with E-state index < -0.39 is 0 Å². The highest BCUT2D eigenvalue weighted by Crippen LogP contribution is 2.19. The molecule has 0 aliphatic rings. The molecule has 1 unspecified atom stereocenters. The van der Waals surface area contributed by atoms with Crippen molar-refractivity contribution in [2.75, 3.05) is 11.9 Å². The van der Waals surface area contributed by atoms with Gasteiger partial charge < -0.3 is 5.32 Å². The van der Waals surface area contributed by atoms with Crippen LogP contribution in [0, 0.1) is 6.92 Å². The summed E-state index contributed by atoms with van der Waals surface area (Å²) in [7, 11) is 0. The van der Waals surface area contributed by atoms with Gasteiger partial charge >= 0.3 is 0 Å². The predicted molar refractivity (Wildman–Crippen MR) is 79.7 cm³/mol. The lowest BCUT2D eigenvalue weighted by Gasteiger charge is -2.13. The van der Waals surface area contributed by atoms with E-state index in [2.05, 4.69) is 46.5 Å². The van der Waals surface area contributed by atoms with Crippen LogP contribution in [-0.2, 0) is 0 Å². The summed E-state index contributed by atoms with van der Waals surface area (Å²) in [5, 5.41) is 3.60. The molecule has 4 heteroatoms. The molecule has 0 saturated carbocycles. The van der Waals surface area contributed by atoms with Crippen molar-refractivity contribution in [1.29, 1.82) is 0 Å². The third kappa shape index (κ3) is 3.93. The van der Waals surface area contributed by atoms with E-state index >= 15 is 0 Å². The average molecular weight is 276 g/mol. The normalized spacial score (nSPS) is 12.2. The van der Waals surface area contributed by atoms with Crippen molar-refractivity contribution in [3.05, 3.63) is 52.9 Å². The SMILES string of the molecule is Cc1cnc(Cl)nc1NCCC(C)c1ccccc1. The molecular formula is C15H18ClN3. The molecule has 3 nitrogen and oxygen atoms in total. The lowest BCUT2D eigenvalue weighted by Crippen LogP contribution is -2.08. The van der Waals surface area contributed by atoms with Crippen LogP contribution < -0.4 is 5.32 Å². The van der Waals surface area contributed by atoms with Crippen molar-refractivity contribution < 1.29 is 0 Å². The number of aromatic nitrogens is 2. The summed E-state index contributed by atoms with van der Waals surface area (Å²) in [5.74, 6) is 1.34. The Morgan fingerprint density at radius 1 is 1.26 bits per heavy atom. The first-order chi connectivity index (χ1) is 9.16. The Morgan fingerprint density at radius 2 is 2.00 bits per heavy atom. The smallest absolute Gasteiger partial charge is 0.224 e. The zero-order valence-corrected chi connectivity index (χ0v) is 12.0. The summed E-state index contributed by atoms with van der Waals surface area (Å²) in [5.41, 5.74) is 2.37. The Morgan fingerprint density at radius 3 is 2.74 bits per heavy atom. The van der Waals surface area contributed by atoms with Crippen molar-refractivity contribution in [2.45, 2.75) is 26.2 Å². The van der Waals surface area contributed by atoms with Crippen LogP contribution in [0.25, 0.3) is 0 Å². The Bertz CT molecular complexity index is 528. The van der Waals surface area contributed by atoms with Crippen LogP contribution in [-0.4, -0.2) is 16.5 Å². The number of benzene rings is 1. The monoisotopic (exact) mass is 275 g/mol. The second kappa shape index (κ2) is 6.53. The lowest BCUT2D eigenvalue weighted by molar-refractivity contribution is 0.704. The summed E-state index contributed by atoms with van der Waals surface area (Å²) in [4.78, 5) is 8.13. The van der Waals surface area contributed by atoms with Gasteiger partial charge in [-0.2, -0.15) is 0 Å². The molecule has 1 aromatic carbocycles. The standard InChI is InChI=1S/C15H18ClN3/c1-11(13-6-4-3-5-7-13)8-9-17-14-12(2)10-18-15(16)19-14/h3-7,10-11H,8-9H2,1-2H3,(H,17,18,19). The van der Waals surface area contributed by atoms with E-state index in [-0.39, 0.29) is 5.28 Å². The van der Waals surface area contributed by atoms with Gasteiger partial charge in [0, 0.05) is 18.3 Å².